The van der Waals surface area contributed by atoms with Gasteiger partial charge in [-0.15, -0.1) is 0 Å². The highest BCUT2D eigenvalue weighted by atomic mass is 31.1. The molecule has 2 heterocycles. The predicted molar refractivity (Wildman–Crippen MR) is 149 cm³/mol. The lowest BCUT2D eigenvalue weighted by atomic mass is 9.98. The fourth-order valence-electron chi connectivity index (χ4n) is 4.59. The van der Waals surface area contributed by atoms with Gasteiger partial charge in [-0.2, -0.15) is 5.48 Å². The topological polar surface area (TPSA) is 87.0 Å². The first-order chi connectivity index (χ1) is 18.5. The number of aromatic hydroxyl groups is 1. The highest BCUT2D eigenvalue weighted by molar-refractivity contribution is 7.60. The van der Waals surface area contributed by atoms with E-state index in [1.165, 1.54) is 6.07 Å². The first kappa shape index (κ1) is 25.7. The molecule has 1 unspecified atom stereocenters. The number of amides is 1. The Kier molecular flexibility index (Phi) is 7.84. The van der Waals surface area contributed by atoms with Crippen LogP contribution in [-0.2, 0) is 4.62 Å². The minimum atomic E-state index is -0.858. The van der Waals surface area contributed by atoms with Crippen molar-refractivity contribution in [2.45, 2.75) is 6.04 Å². The summed E-state index contributed by atoms with van der Waals surface area (Å²) in [5, 5.41) is 13.8. The number of pyridine rings is 1. The van der Waals surface area contributed by atoms with Crippen LogP contribution in [0.5, 0.6) is 5.75 Å². The highest BCUT2D eigenvalue weighted by Crippen LogP contribution is 2.32. The van der Waals surface area contributed by atoms with Crippen LogP contribution in [0.2, 0.25) is 0 Å². The Morgan fingerprint density at radius 1 is 0.895 bits per heavy atom. The Balaban J connectivity index is 1.43. The molecule has 0 fully saturated rings. The maximum atomic E-state index is 13.5. The van der Waals surface area contributed by atoms with E-state index in [4.69, 9.17) is 4.62 Å². The summed E-state index contributed by atoms with van der Waals surface area (Å²) in [6.07, 6.45) is 1.55. The quantitative estimate of drug-likeness (QED) is 0.196. The summed E-state index contributed by atoms with van der Waals surface area (Å²) < 4.78 is 7.44. The molecule has 1 atom stereocenters. The van der Waals surface area contributed by atoms with Crippen LogP contribution in [0.4, 0.5) is 0 Å². The molecule has 5 rings (SSSR count). The zero-order chi connectivity index (χ0) is 26.5. The van der Waals surface area contributed by atoms with Gasteiger partial charge in [0.2, 0.25) is 5.43 Å². The SMILES string of the molecule is CP(ONCCN1CN(C(c2ccccc2)c2ccccc2)n2ccc(=O)c(O)c2C1=O)c1ccccc1. The number of nitrogens with zero attached hydrogens (tertiary/aromatic N) is 3. The predicted octanol–water partition coefficient (Wildman–Crippen LogP) is 3.57. The number of hydroxylamine groups is 1. The average molecular weight is 529 g/mol. The second kappa shape index (κ2) is 11.6. The van der Waals surface area contributed by atoms with Gasteiger partial charge in [0.05, 0.1) is 14.2 Å². The minimum absolute atomic E-state index is 0.0523. The van der Waals surface area contributed by atoms with E-state index in [1.807, 2.05) is 103 Å². The molecule has 2 N–H and O–H groups in total. The smallest absolute Gasteiger partial charge is 0.277 e. The second-order valence-electron chi connectivity index (χ2n) is 8.91. The third-order valence-electron chi connectivity index (χ3n) is 6.47. The summed E-state index contributed by atoms with van der Waals surface area (Å²) in [5.41, 5.74) is 4.37. The lowest BCUT2D eigenvalue weighted by Gasteiger charge is -2.44. The lowest BCUT2D eigenvalue weighted by Crippen LogP contribution is -2.56. The first-order valence-corrected chi connectivity index (χ1v) is 14.0. The third-order valence-corrected chi connectivity index (χ3v) is 7.90. The third kappa shape index (κ3) is 5.34. The zero-order valence-electron chi connectivity index (χ0n) is 21.0. The van der Waals surface area contributed by atoms with Crippen LogP contribution in [0.3, 0.4) is 0 Å². The van der Waals surface area contributed by atoms with Gasteiger partial charge < -0.3 is 10.0 Å². The van der Waals surface area contributed by atoms with Crippen LogP contribution < -0.4 is 21.2 Å². The molecule has 0 aliphatic carbocycles. The summed E-state index contributed by atoms with van der Waals surface area (Å²) >= 11 is 0. The molecule has 1 aromatic heterocycles. The molecular formula is C29H29N4O4P. The molecule has 0 saturated heterocycles. The maximum Gasteiger partial charge on any atom is 0.277 e. The molecule has 1 aliphatic heterocycles. The number of fused-ring (bicyclic) bond motifs is 1. The molecule has 8 nitrogen and oxygen atoms in total. The second-order valence-corrected chi connectivity index (χ2v) is 10.6. The van der Waals surface area contributed by atoms with Crippen molar-refractivity contribution >= 4 is 19.4 Å². The molecule has 194 valence electrons. The van der Waals surface area contributed by atoms with E-state index < -0.39 is 25.2 Å². The summed E-state index contributed by atoms with van der Waals surface area (Å²) in [6, 6.07) is 30.9. The fourth-order valence-corrected chi connectivity index (χ4v) is 5.57. The van der Waals surface area contributed by atoms with Crippen LogP contribution >= 0.6 is 8.15 Å². The van der Waals surface area contributed by atoms with Gasteiger partial charge in [-0.3, -0.25) is 23.9 Å². The molecule has 0 saturated carbocycles. The van der Waals surface area contributed by atoms with Crippen molar-refractivity contribution in [3.63, 3.8) is 0 Å². The van der Waals surface area contributed by atoms with E-state index in [0.717, 1.165) is 16.4 Å². The van der Waals surface area contributed by atoms with Gasteiger partial charge in [-0.1, -0.05) is 91.0 Å². The van der Waals surface area contributed by atoms with Crippen molar-refractivity contribution in [2.24, 2.45) is 0 Å². The maximum absolute atomic E-state index is 13.5. The van der Waals surface area contributed by atoms with Gasteiger partial charge in [-0.05, 0) is 17.8 Å². The Labute approximate surface area is 222 Å². The molecular weight excluding hydrogens is 499 g/mol. The van der Waals surface area contributed by atoms with Crippen LogP contribution in [0.15, 0.2) is 108 Å². The number of carbonyl (C=O) groups excluding carboxylic acids is 1. The molecule has 1 amide bonds. The Hall–Kier alpha value is -3.97. The van der Waals surface area contributed by atoms with Crippen molar-refractivity contribution in [2.75, 3.05) is 31.4 Å². The Morgan fingerprint density at radius 2 is 1.47 bits per heavy atom. The minimum Gasteiger partial charge on any atom is -0.502 e. The molecule has 9 heteroatoms. The summed E-state index contributed by atoms with van der Waals surface area (Å²) in [4.78, 5) is 27.5. The van der Waals surface area contributed by atoms with E-state index in [-0.39, 0.29) is 18.4 Å². The van der Waals surface area contributed by atoms with Crippen LogP contribution in [0.1, 0.15) is 27.7 Å². The Morgan fingerprint density at radius 3 is 2.08 bits per heavy atom. The van der Waals surface area contributed by atoms with Gasteiger partial charge in [0.1, 0.15) is 6.67 Å². The van der Waals surface area contributed by atoms with Gasteiger partial charge in [0, 0.05) is 30.7 Å². The average Bonchev–Trinajstić information content (AvgIpc) is 2.96. The number of hydrogen-bond acceptors (Lipinski definition) is 6. The first-order valence-electron chi connectivity index (χ1n) is 12.3. The van der Waals surface area contributed by atoms with Crippen LogP contribution in [-0.4, -0.2) is 47.0 Å². The number of hydrogen-bond donors (Lipinski definition) is 2. The highest BCUT2D eigenvalue weighted by Gasteiger charge is 2.36. The molecule has 38 heavy (non-hydrogen) atoms. The summed E-state index contributed by atoms with van der Waals surface area (Å²) in [7, 11) is -0.858. The van der Waals surface area contributed by atoms with Crippen molar-refractivity contribution in [3.8, 4) is 5.75 Å². The standard InChI is InChI=1S/C29H29N4O4P/c1-38(24-15-9-4-10-16-24)37-30-18-20-31-21-33(32-19-17-25(34)28(35)27(32)29(31)36)26(22-11-5-2-6-12-22)23-13-7-3-8-14-23/h2-17,19,26,30,35H,18,20-21H2,1H3. The fraction of sp³-hybridized carbons (Fsp3) is 0.172. The normalized spacial score (nSPS) is 14.0. The van der Waals surface area contributed by atoms with Gasteiger partial charge in [0.15, 0.2) is 11.4 Å². The number of nitrogens with one attached hydrogen (secondary N) is 1. The van der Waals surface area contributed by atoms with Gasteiger partial charge in [0.25, 0.3) is 5.91 Å². The van der Waals surface area contributed by atoms with E-state index in [9.17, 15) is 14.7 Å². The van der Waals surface area contributed by atoms with Crippen LogP contribution in [0.25, 0.3) is 0 Å². The van der Waals surface area contributed by atoms with Crippen molar-refractivity contribution in [3.05, 3.63) is 130 Å². The van der Waals surface area contributed by atoms with Gasteiger partial charge >= 0.3 is 0 Å². The zero-order valence-corrected chi connectivity index (χ0v) is 21.9. The molecule has 3 aromatic carbocycles. The molecule has 0 spiro atoms. The van der Waals surface area contributed by atoms with Crippen molar-refractivity contribution in [1.29, 1.82) is 0 Å². The van der Waals surface area contributed by atoms with E-state index >= 15 is 0 Å². The molecule has 4 aromatic rings. The lowest BCUT2D eigenvalue weighted by molar-refractivity contribution is 0.0663. The summed E-state index contributed by atoms with van der Waals surface area (Å²) in [5.74, 6) is -0.975. The number of aromatic nitrogens is 1. The van der Waals surface area contributed by atoms with Gasteiger partial charge in [-0.25, -0.2) is 0 Å². The largest absolute Gasteiger partial charge is 0.502 e. The van der Waals surface area contributed by atoms with E-state index in [0.29, 0.717) is 13.1 Å². The van der Waals surface area contributed by atoms with E-state index in [2.05, 4.69) is 5.48 Å². The van der Waals surface area contributed by atoms with Crippen LogP contribution in [0, 0.1) is 0 Å². The van der Waals surface area contributed by atoms with Crippen molar-refractivity contribution < 1.29 is 14.5 Å². The number of benzene rings is 3. The number of rotatable bonds is 9. The molecule has 1 aliphatic rings. The van der Waals surface area contributed by atoms with Crippen molar-refractivity contribution in [1.82, 2.24) is 15.1 Å². The molecule has 0 bridgehead atoms. The molecule has 0 radical (unpaired) electrons. The number of carbonyl (C=O) groups is 1. The monoisotopic (exact) mass is 528 g/mol. The Bertz CT molecular complexity index is 1390. The summed E-state index contributed by atoms with van der Waals surface area (Å²) in [6.45, 7) is 2.94. The van der Waals surface area contributed by atoms with E-state index in [1.54, 1.807) is 15.8 Å².